The first-order valence-corrected chi connectivity index (χ1v) is 7.80. The van der Waals surface area contributed by atoms with Gasteiger partial charge in [0.05, 0.1) is 12.2 Å². The molecule has 5 nitrogen and oxygen atoms in total. The molecule has 4 atom stereocenters. The van der Waals surface area contributed by atoms with E-state index in [2.05, 4.69) is 12.2 Å². The van der Waals surface area contributed by atoms with Crippen molar-refractivity contribution >= 4 is 11.8 Å². The molecule has 3 aliphatic rings. The summed E-state index contributed by atoms with van der Waals surface area (Å²) >= 11 is 0. The van der Waals surface area contributed by atoms with E-state index in [1.165, 1.54) is 0 Å². The van der Waals surface area contributed by atoms with Gasteiger partial charge >= 0.3 is 0 Å². The van der Waals surface area contributed by atoms with Crippen molar-refractivity contribution in [3.8, 4) is 0 Å². The Kier molecular flexibility index (Phi) is 3.71. The summed E-state index contributed by atoms with van der Waals surface area (Å²) in [4.78, 5) is 26.5. The SMILES string of the molecule is CC1CCC(CN2C(=O)C(C3CC3)NC(=O)CC2C)O1. The minimum absolute atomic E-state index is 0.00552. The molecule has 4 unspecified atom stereocenters. The van der Waals surface area contributed by atoms with Gasteiger partial charge in [-0.3, -0.25) is 9.59 Å². The Morgan fingerprint density at radius 3 is 2.55 bits per heavy atom. The number of rotatable bonds is 3. The number of hydrogen-bond acceptors (Lipinski definition) is 3. The number of carbonyl (C=O) groups is 2. The van der Waals surface area contributed by atoms with Crippen molar-refractivity contribution in [1.29, 1.82) is 0 Å². The molecule has 5 heteroatoms. The van der Waals surface area contributed by atoms with Crippen LogP contribution in [0.2, 0.25) is 0 Å². The van der Waals surface area contributed by atoms with E-state index in [4.69, 9.17) is 4.74 Å². The molecule has 2 amide bonds. The van der Waals surface area contributed by atoms with E-state index in [0.29, 0.717) is 18.9 Å². The standard InChI is InChI=1S/C15H24N2O3/c1-9-7-13(18)16-14(11-4-5-11)15(19)17(9)8-12-6-3-10(2)20-12/h9-12,14H,3-8H2,1-2H3,(H,16,18). The van der Waals surface area contributed by atoms with Gasteiger partial charge in [0.1, 0.15) is 6.04 Å². The fraction of sp³-hybridized carbons (Fsp3) is 0.867. The highest BCUT2D eigenvalue weighted by molar-refractivity contribution is 5.91. The van der Waals surface area contributed by atoms with Gasteiger partial charge in [0.25, 0.3) is 0 Å². The van der Waals surface area contributed by atoms with Crippen molar-refractivity contribution in [2.75, 3.05) is 6.54 Å². The molecule has 112 valence electrons. The maximum atomic E-state index is 12.7. The monoisotopic (exact) mass is 280 g/mol. The normalized spacial score (nSPS) is 38.8. The Morgan fingerprint density at radius 1 is 1.20 bits per heavy atom. The summed E-state index contributed by atoms with van der Waals surface area (Å²) in [5, 5.41) is 2.91. The molecule has 0 bridgehead atoms. The molecule has 1 aliphatic carbocycles. The summed E-state index contributed by atoms with van der Waals surface area (Å²) in [6.07, 6.45) is 4.99. The van der Waals surface area contributed by atoms with Gasteiger partial charge < -0.3 is 15.0 Å². The average molecular weight is 280 g/mol. The van der Waals surface area contributed by atoms with Gasteiger partial charge in [0, 0.05) is 19.0 Å². The number of nitrogens with zero attached hydrogens (tertiary/aromatic N) is 1. The number of carbonyl (C=O) groups excluding carboxylic acids is 2. The molecule has 2 saturated heterocycles. The first-order valence-electron chi connectivity index (χ1n) is 7.80. The molecule has 0 aromatic heterocycles. The van der Waals surface area contributed by atoms with Gasteiger partial charge in [-0.05, 0) is 45.4 Å². The molecule has 2 aliphatic heterocycles. The van der Waals surface area contributed by atoms with Crippen molar-refractivity contribution in [3.05, 3.63) is 0 Å². The third-order valence-corrected chi connectivity index (χ3v) is 4.69. The highest BCUT2D eigenvalue weighted by atomic mass is 16.5. The van der Waals surface area contributed by atoms with Crippen LogP contribution < -0.4 is 5.32 Å². The summed E-state index contributed by atoms with van der Waals surface area (Å²) in [5.74, 6) is 0.447. The summed E-state index contributed by atoms with van der Waals surface area (Å²) in [6, 6.07) is -0.336. The summed E-state index contributed by atoms with van der Waals surface area (Å²) < 4.78 is 5.84. The van der Waals surface area contributed by atoms with Crippen LogP contribution in [0.1, 0.15) is 46.0 Å². The van der Waals surface area contributed by atoms with Gasteiger partial charge in [-0.2, -0.15) is 0 Å². The van der Waals surface area contributed by atoms with E-state index in [1.54, 1.807) is 0 Å². The molecule has 3 fully saturated rings. The molecular weight excluding hydrogens is 256 g/mol. The number of hydrogen-bond donors (Lipinski definition) is 1. The molecule has 2 heterocycles. The van der Waals surface area contributed by atoms with E-state index in [0.717, 1.165) is 25.7 Å². The lowest BCUT2D eigenvalue weighted by molar-refractivity contribution is -0.137. The van der Waals surface area contributed by atoms with Crippen molar-refractivity contribution in [1.82, 2.24) is 10.2 Å². The van der Waals surface area contributed by atoms with Crippen LogP contribution in [-0.4, -0.2) is 47.6 Å². The Morgan fingerprint density at radius 2 is 1.95 bits per heavy atom. The second-order valence-electron chi connectivity index (χ2n) is 6.57. The van der Waals surface area contributed by atoms with Crippen molar-refractivity contribution in [2.24, 2.45) is 5.92 Å². The van der Waals surface area contributed by atoms with Gasteiger partial charge in [-0.25, -0.2) is 0 Å². The zero-order valence-corrected chi connectivity index (χ0v) is 12.3. The number of ether oxygens (including phenoxy) is 1. The van der Waals surface area contributed by atoms with E-state index in [9.17, 15) is 9.59 Å². The molecule has 20 heavy (non-hydrogen) atoms. The Hall–Kier alpha value is -1.10. The molecule has 1 N–H and O–H groups in total. The van der Waals surface area contributed by atoms with Crippen LogP contribution in [0.15, 0.2) is 0 Å². The topological polar surface area (TPSA) is 58.6 Å². The van der Waals surface area contributed by atoms with Crippen LogP contribution >= 0.6 is 0 Å². The third kappa shape index (κ3) is 2.82. The summed E-state index contributed by atoms with van der Waals surface area (Å²) in [7, 11) is 0. The first-order chi connectivity index (χ1) is 9.54. The lowest BCUT2D eigenvalue weighted by atomic mass is 10.1. The second-order valence-corrected chi connectivity index (χ2v) is 6.57. The summed E-state index contributed by atoms with van der Waals surface area (Å²) in [5.41, 5.74) is 0. The predicted molar refractivity (Wildman–Crippen MR) is 74.0 cm³/mol. The van der Waals surface area contributed by atoms with E-state index < -0.39 is 0 Å². The van der Waals surface area contributed by atoms with Crippen LogP contribution in [-0.2, 0) is 14.3 Å². The lowest BCUT2D eigenvalue weighted by Crippen LogP contribution is -2.49. The molecule has 3 rings (SSSR count). The first kappa shape index (κ1) is 13.9. The number of amides is 2. The zero-order chi connectivity index (χ0) is 14.3. The van der Waals surface area contributed by atoms with Gasteiger partial charge in [0.2, 0.25) is 11.8 Å². The maximum Gasteiger partial charge on any atom is 0.245 e. The van der Waals surface area contributed by atoms with Gasteiger partial charge in [-0.1, -0.05) is 0 Å². The van der Waals surface area contributed by atoms with Crippen LogP contribution in [0.5, 0.6) is 0 Å². The van der Waals surface area contributed by atoms with Crippen LogP contribution in [0.3, 0.4) is 0 Å². The predicted octanol–water partition coefficient (Wildman–Crippen LogP) is 1.07. The van der Waals surface area contributed by atoms with E-state index in [1.807, 2.05) is 11.8 Å². The quantitative estimate of drug-likeness (QED) is 0.841. The van der Waals surface area contributed by atoms with Crippen molar-refractivity contribution in [2.45, 2.75) is 70.2 Å². The zero-order valence-electron chi connectivity index (χ0n) is 12.3. The molecular formula is C15H24N2O3. The lowest BCUT2D eigenvalue weighted by Gasteiger charge is -2.31. The van der Waals surface area contributed by atoms with Crippen molar-refractivity contribution < 1.29 is 14.3 Å². The third-order valence-electron chi connectivity index (χ3n) is 4.69. The van der Waals surface area contributed by atoms with Crippen LogP contribution in [0.4, 0.5) is 0 Å². The van der Waals surface area contributed by atoms with E-state index >= 15 is 0 Å². The minimum atomic E-state index is -0.300. The fourth-order valence-corrected chi connectivity index (χ4v) is 3.33. The molecule has 0 aromatic rings. The van der Waals surface area contributed by atoms with Gasteiger partial charge in [0.15, 0.2) is 0 Å². The highest BCUT2D eigenvalue weighted by Crippen LogP contribution is 2.35. The smallest absolute Gasteiger partial charge is 0.245 e. The highest BCUT2D eigenvalue weighted by Gasteiger charge is 2.43. The van der Waals surface area contributed by atoms with Crippen LogP contribution in [0.25, 0.3) is 0 Å². The minimum Gasteiger partial charge on any atom is -0.373 e. The Bertz CT molecular complexity index is 408. The van der Waals surface area contributed by atoms with Crippen molar-refractivity contribution in [3.63, 3.8) is 0 Å². The summed E-state index contributed by atoms with van der Waals surface area (Å²) in [6.45, 7) is 4.67. The van der Waals surface area contributed by atoms with Gasteiger partial charge in [-0.15, -0.1) is 0 Å². The number of nitrogens with one attached hydrogen (secondary N) is 1. The maximum absolute atomic E-state index is 12.7. The molecule has 1 saturated carbocycles. The van der Waals surface area contributed by atoms with E-state index in [-0.39, 0.29) is 36.1 Å². The molecule has 0 radical (unpaired) electrons. The molecule has 0 aromatic carbocycles. The Balaban J connectivity index is 1.71. The Labute approximate surface area is 120 Å². The molecule has 0 spiro atoms. The van der Waals surface area contributed by atoms with Crippen LogP contribution in [0, 0.1) is 5.92 Å². The second kappa shape index (κ2) is 5.35. The average Bonchev–Trinajstić information content (AvgIpc) is 3.15. The fourth-order valence-electron chi connectivity index (χ4n) is 3.33. The largest absolute Gasteiger partial charge is 0.373 e.